The molecule has 0 aromatic rings. The highest BCUT2D eigenvalue weighted by Crippen LogP contribution is 2.08. The fourth-order valence-corrected chi connectivity index (χ4v) is 3.29. The molecular weight excluding hydrogens is 494 g/mol. The van der Waals surface area contributed by atoms with Crippen molar-refractivity contribution in [3.8, 4) is 0 Å². The number of methoxy groups -OCH3 is 1. The van der Waals surface area contributed by atoms with Crippen LogP contribution < -0.4 is 10.6 Å². The van der Waals surface area contributed by atoms with Crippen molar-refractivity contribution in [3.05, 3.63) is 0 Å². The lowest BCUT2D eigenvalue weighted by molar-refractivity contribution is -0.109. The molecule has 0 atom stereocenters. The third kappa shape index (κ3) is 36.6. The van der Waals surface area contributed by atoms with Gasteiger partial charge in [0.15, 0.2) is 0 Å². The van der Waals surface area contributed by atoms with Crippen LogP contribution in [0.3, 0.4) is 0 Å². The second-order valence-corrected chi connectivity index (χ2v) is 9.14. The van der Waals surface area contributed by atoms with Crippen LogP contribution >= 0.6 is 0 Å². The summed E-state index contributed by atoms with van der Waals surface area (Å²) in [5.74, 6) is 0. The fraction of sp³-hybridized carbons (Fsp3) is 0.933. The lowest BCUT2D eigenvalue weighted by Crippen LogP contribution is -2.47. The summed E-state index contributed by atoms with van der Waals surface area (Å²) in [6, 6.07) is 0. The van der Waals surface area contributed by atoms with Crippen LogP contribution in [0.25, 0.3) is 0 Å². The second-order valence-electron chi connectivity index (χ2n) is 9.14. The van der Waals surface area contributed by atoms with E-state index in [2.05, 4.69) is 32.4 Å². The Morgan fingerprint density at radius 1 is 0.769 bits per heavy atom. The Hall–Kier alpha value is -1.42. The van der Waals surface area contributed by atoms with Gasteiger partial charge in [0.1, 0.15) is 0 Å². The molecular formula is C30H69N5O4. The predicted molar refractivity (Wildman–Crippen MR) is 169 cm³/mol. The van der Waals surface area contributed by atoms with Crippen LogP contribution in [0.15, 0.2) is 0 Å². The molecule has 2 aliphatic rings. The van der Waals surface area contributed by atoms with Gasteiger partial charge in [-0.05, 0) is 73.6 Å². The normalized spacial score (nSPS) is 15.2. The topological polar surface area (TPSA) is 86.4 Å². The molecule has 2 N–H and O–H groups in total. The van der Waals surface area contributed by atoms with Gasteiger partial charge in [-0.25, -0.2) is 4.79 Å². The number of hydrogen-bond acceptors (Lipinski definition) is 7. The second kappa shape index (κ2) is 36.6. The number of carbonyl (C=O) groups is 2. The summed E-state index contributed by atoms with van der Waals surface area (Å²) in [6.07, 6.45) is 5.96. The summed E-state index contributed by atoms with van der Waals surface area (Å²) in [5, 5.41) is 5.44. The van der Waals surface area contributed by atoms with Crippen LogP contribution in [0, 0.1) is 0 Å². The summed E-state index contributed by atoms with van der Waals surface area (Å²) in [5.41, 5.74) is 0. The van der Waals surface area contributed by atoms with Gasteiger partial charge in [-0.2, -0.15) is 0 Å². The maximum absolute atomic E-state index is 11.2. The molecule has 9 nitrogen and oxygen atoms in total. The molecule has 0 spiro atoms. The molecule has 238 valence electrons. The molecule has 2 aliphatic heterocycles. The standard InChI is InChI=1S/C11H23N3O2.C9H18N2O.C4H10O.3C2H6/c1-10(2)16-11(15)12-4-5-14-8-6-13(3)7-9-14;12-9-10-5-4-8-11-6-2-1-3-7-11;1-4(2)5-3;3*1-2/h10H,4-9H2,1-3H3,(H,12,15);9H,1-8H2,(H,10,12);4H,1-3H3;3*1-2H3. The van der Waals surface area contributed by atoms with Crippen LogP contribution in [-0.4, -0.2) is 119 Å². The predicted octanol–water partition coefficient (Wildman–Crippen LogP) is 5.10. The molecule has 9 heteroatoms. The SMILES string of the molecule is CC.CC.CC.CC(C)OC(=O)NCCN1CCN(C)CC1.COC(C)C.O=CNCCCN1CCCCC1. The Morgan fingerprint density at radius 3 is 1.69 bits per heavy atom. The average molecular weight is 564 g/mol. The highest BCUT2D eigenvalue weighted by Gasteiger charge is 2.13. The number of piperidine rings is 1. The Labute approximate surface area is 243 Å². The van der Waals surface area contributed by atoms with Crippen molar-refractivity contribution in [1.29, 1.82) is 0 Å². The van der Waals surface area contributed by atoms with E-state index < -0.39 is 0 Å². The highest BCUT2D eigenvalue weighted by molar-refractivity contribution is 5.67. The van der Waals surface area contributed by atoms with Gasteiger partial charge in [0, 0.05) is 52.9 Å². The number of rotatable bonds is 10. The van der Waals surface area contributed by atoms with Crippen LogP contribution in [0.2, 0.25) is 0 Å². The molecule has 2 saturated heterocycles. The van der Waals surface area contributed by atoms with Gasteiger partial charge in [0.2, 0.25) is 6.41 Å². The van der Waals surface area contributed by atoms with Crippen LogP contribution in [-0.2, 0) is 14.3 Å². The maximum atomic E-state index is 11.2. The zero-order valence-electron chi connectivity index (χ0n) is 28.1. The van der Waals surface area contributed by atoms with Gasteiger partial charge in [-0.3, -0.25) is 9.69 Å². The number of alkyl carbamates (subject to hydrolysis) is 1. The Kier molecular flexibility index (Phi) is 41.8. The van der Waals surface area contributed by atoms with E-state index in [1.54, 1.807) is 7.11 Å². The molecule has 0 saturated carbocycles. The van der Waals surface area contributed by atoms with E-state index in [1.807, 2.05) is 69.2 Å². The number of nitrogens with zero attached hydrogens (tertiary/aromatic N) is 3. The number of amides is 2. The third-order valence-corrected chi connectivity index (χ3v) is 5.43. The minimum Gasteiger partial charge on any atom is -0.447 e. The summed E-state index contributed by atoms with van der Waals surface area (Å²) in [6.45, 7) is 30.1. The van der Waals surface area contributed by atoms with Crippen molar-refractivity contribution in [2.24, 2.45) is 0 Å². The lowest BCUT2D eigenvalue weighted by atomic mass is 10.1. The first kappa shape index (κ1) is 44.6. The molecule has 2 fully saturated rings. The van der Waals surface area contributed by atoms with E-state index in [9.17, 15) is 9.59 Å². The van der Waals surface area contributed by atoms with Crippen molar-refractivity contribution < 1.29 is 19.1 Å². The number of carbonyl (C=O) groups excluding carboxylic acids is 2. The monoisotopic (exact) mass is 564 g/mol. The van der Waals surface area contributed by atoms with Gasteiger partial charge in [0.25, 0.3) is 0 Å². The molecule has 0 aromatic heterocycles. The number of piperazine rings is 1. The minimum atomic E-state index is -0.316. The number of hydrogen-bond donors (Lipinski definition) is 2. The van der Waals surface area contributed by atoms with Crippen molar-refractivity contribution >= 4 is 12.5 Å². The Balaban J connectivity index is -0.000000234. The fourth-order valence-electron chi connectivity index (χ4n) is 3.29. The van der Waals surface area contributed by atoms with Crippen LogP contribution in [0.5, 0.6) is 0 Å². The summed E-state index contributed by atoms with van der Waals surface area (Å²) < 4.78 is 9.73. The van der Waals surface area contributed by atoms with Crippen molar-refractivity contribution in [3.63, 3.8) is 0 Å². The first-order chi connectivity index (χ1) is 18.8. The van der Waals surface area contributed by atoms with Gasteiger partial charge < -0.3 is 29.9 Å². The van der Waals surface area contributed by atoms with E-state index in [-0.39, 0.29) is 12.2 Å². The molecule has 2 rings (SSSR count). The summed E-state index contributed by atoms with van der Waals surface area (Å²) >= 11 is 0. The van der Waals surface area contributed by atoms with E-state index in [0.29, 0.717) is 12.6 Å². The molecule has 0 radical (unpaired) electrons. The maximum Gasteiger partial charge on any atom is 0.407 e. The zero-order valence-corrected chi connectivity index (χ0v) is 28.1. The molecule has 39 heavy (non-hydrogen) atoms. The summed E-state index contributed by atoms with van der Waals surface area (Å²) in [7, 11) is 3.83. The first-order valence-corrected chi connectivity index (χ1v) is 15.6. The van der Waals surface area contributed by atoms with Gasteiger partial charge in [-0.15, -0.1) is 0 Å². The van der Waals surface area contributed by atoms with E-state index >= 15 is 0 Å². The van der Waals surface area contributed by atoms with E-state index in [4.69, 9.17) is 9.47 Å². The highest BCUT2D eigenvalue weighted by atomic mass is 16.6. The number of nitrogens with one attached hydrogen (secondary N) is 2. The van der Waals surface area contributed by atoms with E-state index in [0.717, 1.165) is 58.6 Å². The van der Waals surface area contributed by atoms with Gasteiger partial charge in [0.05, 0.1) is 12.2 Å². The van der Waals surface area contributed by atoms with Gasteiger partial charge in [-0.1, -0.05) is 48.0 Å². The smallest absolute Gasteiger partial charge is 0.407 e. The summed E-state index contributed by atoms with van der Waals surface area (Å²) in [4.78, 5) is 28.3. The minimum absolute atomic E-state index is 0.0522. The largest absolute Gasteiger partial charge is 0.447 e. The molecule has 0 bridgehead atoms. The zero-order chi connectivity index (χ0) is 30.9. The Bertz CT molecular complexity index is 468. The molecule has 0 unspecified atom stereocenters. The number of ether oxygens (including phenoxy) is 2. The third-order valence-electron chi connectivity index (χ3n) is 5.43. The van der Waals surface area contributed by atoms with Crippen LogP contribution in [0.1, 0.15) is 94.9 Å². The van der Waals surface area contributed by atoms with Crippen molar-refractivity contribution in [2.45, 2.75) is 107 Å². The molecule has 2 heterocycles. The molecule has 0 aromatic carbocycles. The lowest BCUT2D eigenvalue weighted by Gasteiger charge is -2.32. The van der Waals surface area contributed by atoms with Gasteiger partial charge >= 0.3 is 6.09 Å². The number of likely N-dealkylation sites (N-methyl/N-ethyl adjacent to an activating group) is 1. The molecule has 2 amide bonds. The van der Waals surface area contributed by atoms with E-state index in [1.165, 1.54) is 32.4 Å². The first-order valence-electron chi connectivity index (χ1n) is 15.6. The Morgan fingerprint density at radius 2 is 1.26 bits per heavy atom. The quantitative estimate of drug-likeness (QED) is 0.283. The molecule has 0 aliphatic carbocycles. The van der Waals surface area contributed by atoms with Crippen LogP contribution in [0.4, 0.5) is 4.79 Å². The van der Waals surface area contributed by atoms with Crippen molar-refractivity contribution in [2.75, 3.05) is 79.6 Å². The van der Waals surface area contributed by atoms with Crippen molar-refractivity contribution in [1.82, 2.24) is 25.3 Å². The number of likely N-dealkylation sites (tertiary alicyclic amines) is 1. The average Bonchev–Trinajstić information content (AvgIpc) is 2.96.